The summed E-state index contributed by atoms with van der Waals surface area (Å²) in [5.74, 6) is 0. The van der Waals surface area contributed by atoms with Crippen LogP contribution in [0.15, 0.2) is 0 Å². The lowest BCUT2D eigenvalue weighted by Gasteiger charge is -2.47. The maximum absolute atomic E-state index is 3.74. The molecule has 0 amide bonds. The van der Waals surface area contributed by atoms with Gasteiger partial charge in [-0.15, -0.1) is 0 Å². The van der Waals surface area contributed by atoms with Gasteiger partial charge in [0, 0.05) is 18.6 Å². The molecule has 0 aromatic heterocycles. The summed E-state index contributed by atoms with van der Waals surface area (Å²) < 4.78 is 0. The predicted molar refractivity (Wildman–Crippen MR) is 81.0 cm³/mol. The molecule has 0 heterocycles. The topological polar surface area (TPSA) is 24.1 Å². The summed E-state index contributed by atoms with van der Waals surface area (Å²) in [5.41, 5.74) is 0.911. The fourth-order valence-corrected chi connectivity index (χ4v) is 3.71. The Morgan fingerprint density at radius 3 is 2.39 bits per heavy atom. The van der Waals surface area contributed by atoms with Crippen LogP contribution in [-0.2, 0) is 0 Å². The summed E-state index contributed by atoms with van der Waals surface area (Å²) >= 11 is 0. The third kappa shape index (κ3) is 5.27. The smallest absolute Gasteiger partial charge is 0.00778 e. The van der Waals surface area contributed by atoms with Crippen molar-refractivity contribution in [2.75, 3.05) is 13.1 Å². The molecule has 0 radical (unpaired) electrons. The first-order valence-corrected chi connectivity index (χ1v) is 7.73. The molecule has 2 N–H and O–H groups in total. The van der Waals surface area contributed by atoms with Gasteiger partial charge in [-0.2, -0.15) is 0 Å². The second-order valence-electron chi connectivity index (χ2n) is 7.75. The number of hydrogen-bond acceptors (Lipinski definition) is 2. The molecule has 1 aliphatic rings. The Morgan fingerprint density at radius 2 is 1.83 bits per heavy atom. The molecule has 0 spiro atoms. The first kappa shape index (κ1) is 16.0. The lowest BCUT2D eigenvalue weighted by Crippen LogP contribution is -2.49. The molecular formula is C16H34N2. The van der Waals surface area contributed by atoms with Crippen LogP contribution < -0.4 is 10.6 Å². The van der Waals surface area contributed by atoms with Crippen molar-refractivity contribution in [1.82, 2.24) is 10.6 Å². The van der Waals surface area contributed by atoms with Gasteiger partial charge in [0.05, 0.1) is 0 Å². The Balaban J connectivity index is 2.60. The van der Waals surface area contributed by atoms with Crippen molar-refractivity contribution in [3.63, 3.8) is 0 Å². The van der Waals surface area contributed by atoms with Crippen LogP contribution in [0.3, 0.4) is 0 Å². The van der Waals surface area contributed by atoms with E-state index in [2.05, 4.69) is 52.2 Å². The normalized spacial score (nSPS) is 31.8. The molecular weight excluding hydrogens is 220 g/mol. The summed E-state index contributed by atoms with van der Waals surface area (Å²) in [7, 11) is 0. The van der Waals surface area contributed by atoms with Crippen LogP contribution in [0.4, 0.5) is 0 Å². The Morgan fingerprint density at radius 1 is 1.17 bits per heavy atom. The van der Waals surface area contributed by atoms with Gasteiger partial charge in [0.15, 0.2) is 0 Å². The van der Waals surface area contributed by atoms with Crippen molar-refractivity contribution in [2.45, 2.75) is 79.3 Å². The average Bonchev–Trinajstić information content (AvgIpc) is 2.21. The van der Waals surface area contributed by atoms with Gasteiger partial charge in [-0.3, -0.25) is 0 Å². The van der Waals surface area contributed by atoms with E-state index in [0.717, 1.165) is 13.1 Å². The van der Waals surface area contributed by atoms with Gasteiger partial charge in [0.25, 0.3) is 0 Å². The predicted octanol–water partition coefficient (Wildman–Crippen LogP) is 3.57. The quantitative estimate of drug-likeness (QED) is 0.757. The molecule has 2 unspecified atom stereocenters. The van der Waals surface area contributed by atoms with Crippen molar-refractivity contribution < 1.29 is 0 Å². The van der Waals surface area contributed by atoms with Gasteiger partial charge in [-0.25, -0.2) is 0 Å². The zero-order valence-electron chi connectivity index (χ0n) is 13.4. The fraction of sp³-hybridized carbons (Fsp3) is 1.00. The minimum atomic E-state index is 0.442. The molecule has 1 rings (SSSR count). The minimum Gasteiger partial charge on any atom is -0.314 e. The lowest BCUT2D eigenvalue weighted by molar-refractivity contribution is 0.0689. The molecule has 18 heavy (non-hydrogen) atoms. The zero-order valence-corrected chi connectivity index (χ0v) is 13.4. The maximum atomic E-state index is 3.74. The maximum Gasteiger partial charge on any atom is 0.00778 e. The van der Waals surface area contributed by atoms with Gasteiger partial charge in [0.1, 0.15) is 0 Å². The number of rotatable bonds is 6. The molecule has 1 fully saturated rings. The van der Waals surface area contributed by atoms with Crippen LogP contribution in [0.2, 0.25) is 0 Å². The molecule has 0 aromatic carbocycles. The van der Waals surface area contributed by atoms with E-state index in [-0.39, 0.29) is 0 Å². The van der Waals surface area contributed by atoms with Crippen LogP contribution in [-0.4, -0.2) is 25.2 Å². The van der Waals surface area contributed by atoms with Crippen LogP contribution >= 0.6 is 0 Å². The molecule has 0 saturated heterocycles. The summed E-state index contributed by atoms with van der Waals surface area (Å²) in [6.07, 6.45) is 5.21. The molecule has 2 heteroatoms. The third-order valence-electron chi connectivity index (χ3n) is 4.06. The first-order valence-electron chi connectivity index (χ1n) is 7.73. The molecule has 0 aliphatic heterocycles. The van der Waals surface area contributed by atoms with Gasteiger partial charge in [-0.1, -0.05) is 41.5 Å². The van der Waals surface area contributed by atoms with Crippen molar-refractivity contribution in [3.05, 3.63) is 0 Å². The van der Waals surface area contributed by atoms with Gasteiger partial charge in [-0.05, 0) is 43.1 Å². The van der Waals surface area contributed by atoms with Gasteiger partial charge >= 0.3 is 0 Å². The fourth-order valence-electron chi connectivity index (χ4n) is 3.71. The standard InChI is InChI=1S/C16H34N2/c1-7-8-17-14-9-15(4,5)11-16(6,10-14)12-18-13(2)3/h13-14,17-18H,7-12H2,1-6H3. The highest BCUT2D eigenvalue weighted by Gasteiger charge is 2.40. The van der Waals surface area contributed by atoms with Gasteiger partial charge in [0.2, 0.25) is 0 Å². The van der Waals surface area contributed by atoms with Crippen molar-refractivity contribution in [3.8, 4) is 0 Å². The SMILES string of the molecule is CCCNC1CC(C)(C)CC(C)(CNC(C)C)C1. The Labute approximate surface area is 114 Å². The van der Waals surface area contributed by atoms with E-state index in [4.69, 9.17) is 0 Å². The van der Waals surface area contributed by atoms with Crippen LogP contribution in [0.1, 0.15) is 67.2 Å². The minimum absolute atomic E-state index is 0.442. The largest absolute Gasteiger partial charge is 0.314 e. The molecule has 0 aromatic rings. The summed E-state index contributed by atoms with van der Waals surface area (Å²) in [4.78, 5) is 0. The molecule has 2 nitrogen and oxygen atoms in total. The van der Waals surface area contributed by atoms with Gasteiger partial charge < -0.3 is 10.6 Å². The third-order valence-corrected chi connectivity index (χ3v) is 4.06. The van der Waals surface area contributed by atoms with E-state index in [9.17, 15) is 0 Å². The van der Waals surface area contributed by atoms with E-state index in [1.165, 1.54) is 25.7 Å². The molecule has 2 atom stereocenters. The highest BCUT2D eigenvalue weighted by Crippen LogP contribution is 2.45. The van der Waals surface area contributed by atoms with E-state index >= 15 is 0 Å². The van der Waals surface area contributed by atoms with Crippen LogP contribution in [0, 0.1) is 10.8 Å². The molecule has 108 valence electrons. The highest BCUT2D eigenvalue weighted by molar-refractivity contribution is 4.95. The molecule has 1 saturated carbocycles. The summed E-state index contributed by atoms with van der Waals surface area (Å²) in [5, 5.41) is 7.38. The number of nitrogens with one attached hydrogen (secondary N) is 2. The summed E-state index contributed by atoms with van der Waals surface area (Å²) in [6, 6.07) is 1.29. The number of hydrogen-bond donors (Lipinski definition) is 2. The van der Waals surface area contributed by atoms with Crippen LogP contribution in [0.25, 0.3) is 0 Å². The monoisotopic (exact) mass is 254 g/mol. The highest BCUT2D eigenvalue weighted by atomic mass is 14.9. The van der Waals surface area contributed by atoms with E-state index in [0.29, 0.717) is 22.9 Å². The van der Waals surface area contributed by atoms with Crippen LogP contribution in [0.5, 0.6) is 0 Å². The summed E-state index contributed by atoms with van der Waals surface area (Å²) in [6.45, 7) is 16.4. The van der Waals surface area contributed by atoms with Crippen molar-refractivity contribution >= 4 is 0 Å². The molecule has 0 bridgehead atoms. The first-order chi connectivity index (χ1) is 8.26. The average molecular weight is 254 g/mol. The zero-order chi connectivity index (χ0) is 13.8. The Bertz CT molecular complexity index is 247. The second-order valence-corrected chi connectivity index (χ2v) is 7.75. The van der Waals surface area contributed by atoms with Crippen molar-refractivity contribution in [2.24, 2.45) is 10.8 Å². The van der Waals surface area contributed by atoms with E-state index in [1.807, 2.05) is 0 Å². The molecule has 1 aliphatic carbocycles. The van der Waals surface area contributed by atoms with Crippen molar-refractivity contribution in [1.29, 1.82) is 0 Å². The Hall–Kier alpha value is -0.0800. The second kappa shape index (κ2) is 6.38. The van der Waals surface area contributed by atoms with E-state index in [1.54, 1.807) is 0 Å². The van der Waals surface area contributed by atoms with E-state index < -0.39 is 0 Å². The Kier molecular flexibility index (Phi) is 5.67. The lowest BCUT2D eigenvalue weighted by atomic mass is 9.62.